The van der Waals surface area contributed by atoms with Crippen LogP contribution >= 0.6 is 11.6 Å². The molecule has 3 rings (SSSR count). The Balaban J connectivity index is 1.54. The number of carbonyl (C=O) groups is 2. The van der Waals surface area contributed by atoms with Crippen LogP contribution in [0.15, 0.2) is 36.7 Å². The summed E-state index contributed by atoms with van der Waals surface area (Å²) in [4.78, 5) is 36.6. The Kier molecular flexibility index (Phi) is 6.20. The first-order valence-corrected chi connectivity index (χ1v) is 8.86. The molecule has 2 heterocycles. The highest BCUT2D eigenvalue weighted by Gasteiger charge is 2.21. The third kappa shape index (κ3) is 4.93. The number of nitrogens with one attached hydrogen (secondary N) is 1. The molecule has 1 saturated heterocycles. The highest BCUT2D eigenvalue weighted by molar-refractivity contribution is 6.33. The van der Waals surface area contributed by atoms with E-state index in [1.165, 1.54) is 13.2 Å². The molecule has 1 aliphatic heterocycles. The second kappa shape index (κ2) is 8.79. The second-order valence-electron chi connectivity index (χ2n) is 6.05. The minimum absolute atomic E-state index is 0.191. The molecule has 0 unspecified atom stereocenters. The molecule has 0 atom stereocenters. The van der Waals surface area contributed by atoms with Gasteiger partial charge >= 0.3 is 5.97 Å². The van der Waals surface area contributed by atoms with Gasteiger partial charge in [-0.3, -0.25) is 9.69 Å². The molecule has 1 aliphatic rings. The third-order valence-corrected chi connectivity index (χ3v) is 4.57. The zero-order valence-corrected chi connectivity index (χ0v) is 15.6. The number of anilines is 2. The van der Waals surface area contributed by atoms with Crippen molar-refractivity contribution < 1.29 is 14.3 Å². The Labute approximate surface area is 162 Å². The number of methoxy groups -OCH3 is 1. The minimum atomic E-state index is -0.485. The molecule has 0 radical (unpaired) electrons. The highest BCUT2D eigenvalue weighted by Crippen LogP contribution is 2.23. The van der Waals surface area contributed by atoms with Crippen LogP contribution < -0.4 is 10.2 Å². The van der Waals surface area contributed by atoms with E-state index in [9.17, 15) is 9.59 Å². The molecule has 8 nitrogen and oxygen atoms in total. The molecule has 1 amide bonds. The van der Waals surface area contributed by atoms with Gasteiger partial charge in [0.15, 0.2) is 0 Å². The van der Waals surface area contributed by atoms with E-state index in [0.717, 1.165) is 26.2 Å². The van der Waals surface area contributed by atoms with Gasteiger partial charge in [0.05, 0.1) is 29.9 Å². The molecule has 1 fully saturated rings. The fourth-order valence-electron chi connectivity index (χ4n) is 2.82. The number of amides is 1. The molecule has 1 N–H and O–H groups in total. The van der Waals surface area contributed by atoms with Crippen molar-refractivity contribution in [1.29, 1.82) is 0 Å². The smallest absolute Gasteiger partial charge is 0.337 e. The van der Waals surface area contributed by atoms with Gasteiger partial charge in [0.25, 0.3) is 0 Å². The van der Waals surface area contributed by atoms with Gasteiger partial charge in [-0.2, -0.15) is 0 Å². The van der Waals surface area contributed by atoms with E-state index >= 15 is 0 Å². The van der Waals surface area contributed by atoms with E-state index in [-0.39, 0.29) is 12.5 Å². The number of esters is 1. The molecule has 1 aromatic heterocycles. The number of benzene rings is 1. The molecular formula is C18H20ClN5O3. The van der Waals surface area contributed by atoms with Crippen LogP contribution in [0.5, 0.6) is 0 Å². The van der Waals surface area contributed by atoms with Crippen LogP contribution in [0.4, 0.5) is 11.6 Å². The Morgan fingerprint density at radius 2 is 1.89 bits per heavy atom. The minimum Gasteiger partial charge on any atom is -0.465 e. The van der Waals surface area contributed by atoms with Crippen molar-refractivity contribution in [2.24, 2.45) is 0 Å². The fourth-order valence-corrected chi connectivity index (χ4v) is 2.98. The number of hydrogen-bond donors (Lipinski definition) is 1. The van der Waals surface area contributed by atoms with Crippen LogP contribution in [0.3, 0.4) is 0 Å². The first-order chi connectivity index (χ1) is 13.1. The predicted molar refractivity (Wildman–Crippen MR) is 102 cm³/mol. The van der Waals surface area contributed by atoms with Crippen molar-refractivity contribution >= 4 is 35.1 Å². The Bertz CT molecular complexity index is 810. The largest absolute Gasteiger partial charge is 0.465 e. The van der Waals surface area contributed by atoms with E-state index in [1.54, 1.807) is 30.6 Å². The molecule has 27 heavy (non-hydrogen) atoms. The quantitative estimate of drug-likeness (QED) is 0.778. The maximum atomic E-state index is 12.4. The number of piperazine rings is 1. The number of ether oxygens (including phenoxy) is 1. The second-order valence-corrected chi connectivity index (χ2v) is 6.45. The monoisotopic (exact) mass is 389 g/mol. The summed E-state index contributed by atoms with van der Waals surface area (Å²) in [5, 5.41) is 3.12. The fraction of sp³-hybridized carbons (Fsp3) is 0.333. The van der Waals surface area contributed by atoms with Crippen molar-refractivity contribution in [1.82, 2.24) is 14.9 Å². The average Bonchev–Trinajstić information content (AvgIpc) is 2.70. The van der Waals surface area contributed by atoms with Gasteiger partial charge in [-0.05, 0) is 24.3 Å². The molecule has 0 bridgehead atoms. The summed E-state index contributed by atoms with van der Waals surface area (Å²) >= 11 is 6.12. The average molecular weight is 390 g/mol. The summed E-state index contributed by atoms with van der Waals surface area (Å²) in [6.45, 7) is 3.18. The summed E-state index contributed by atoms with van der Waals surface area (Å²) in [5.74, 6) is 0.0257. The zero-order chi connectivity index (χ0) is 19.2. The van der Waals surface area contributed by atoms with Crippen LogP contribution in [0.25, 0.3) is 0 Å². The molecule has 9 heteroatoms. The number of hydrogen-bond acceptors (Lipinski definition) is 7. The number of aromatic nitrogens is 2. The maximum Gasteiger partial charge on any atom is 0.337 e. The standard InChI is InChI=1S/C18H20ClN5O3/c1-27-17(26)13-3-4-14(19)15(11-13)22-16(25)12-23-7-9-24(10-8-23)18-20-5-2-6-21-18/h2-6,11H,7-10,12H2,1H3,(H,22,25). The van der Waals surface area contributed by atoms with E-state index < -0.39 is 5.97 Å². The van der Waals surface area contributed by atoms with E-state index in [0.29, 0.717) is 22.2 Å². The van der Waals surface area contributed by atoms with Crippen molar-refractivity contribution in [2.45, 2.75) is 0 Å². The Hall–Kier alpha value is -2.71. The van der Waals surface area contributed by atoms with Crippen molar-refractivity contribution in [2.75, 3.05) is 50.1 Å². The zero-order valence-electron chi connectivity index (χ0n) is 14.9. The van der Waals surface area contributed by atoms with E-state index in [4.69, 9.17) is 11.6 Å². The lowest BCUT2D eigenvalue weighted by Crippen LogP contribution is -2.49. The summed E-state index contributed by atoms with van der Waals surface area (Å²) in [7, 11) is 1.30. The van der Waals surface area contributed by atoms with Gasteiger partial charge in [-0.15, -0.1) is 0 Å². The van der Waals surface area contributed by atoms with Crippen LogP contribution in [-0.4, -0.2) is 66.6 Å². The van der Waals surface area contributed by atoms with Crippen LogP contribution in [0, 0.1) is 0 Å². The van der Waals surface area contributed by atoms with Gasteiger partial charge < -0.3 is 15.0 Å². The van der Waals surface area contributed by atoms with Crippen LogP contribution in [0.2, 0.25) is 5.02 Å². The first kappa shape index (κ1) is 19.1. The maximum absolute atomic E-state index is 12.4. The lowest BCUT2D eigenvalue weighted by molar-refractivity contribution is -0.117. The number of carbonyl (C=O) groups excluding carboxylic acids is 2. The van der Waals surface area contributed by atoms with E-state index in [2.05, 4.69) is 24.9 Å². The summed E-state index contributed by atoms with van der Waals surface area (Å²) < 4.78 is 4.69. The molecule has 2 aromatic rings. The topological polar surface area (TPSA) is 87.7 Å². The molecule has 142 valence electrons. The highest BCUT2D eigenvalue weighted by atomic mass is 35.5. The van der Waals surface area contributed by atoms with Crippen molar-refractivity contribution in [3.05, 3.63) is 47.2 Å². The number of halogens is 1. The number of nitrogens with zero attached hydrogens (tertiary/aromatic N) is 4. The summed E-state index contributed by atoms with van der Waals surface area (Å²) in [6, 6.07) is 6.40. The lowest BCUT2D eigenvalue weighted by atomic mass is 10.2. The molecule has 0 spiro atoms. The lowest BCUT2D eigenvalue weighted by Gasteiger charge is -2.34. The third-order valence-electron chi connectivity index (χ3n) is 4.24. The number of rotatable bonds is 5. The molecular weight excluding hydrogens is 370 g/mol. The molecule has 0 saturated carbocycles. The van der Waals surface area contributed by atoms with Gasteiger partial charge in [-0.1, -0.05) is 11.6 Å². The van der Waals surface area contributed by atoms with Crippen molar-refractivity contribution in [3.8, 4) is 0 Å². The predicted octanol–water partition coefficient (Wildman–Crippen LogP) is 1.68. The SMILES string of the molecule is COC(=O)c1ccc(Cl)c(NC(=O)CN2CCN(c3ncccn3)CC2)c1. The van der Waals surface area contributed by atoms with Crippen LogP contribution in [-0.2, 0) is 9.53 Å². The van der Waals surface area contributed by atoms with Gasteiger partial charge in [0.1, 0.15) is 0 Å². The summed E-state index contributed by atoms with van der Waals surface area (Å²) in [6.07, 6.45) is 3.43. The van der Waals surface area contributed by atoms with Gasteiger partial charge in [0, 0.05) is 38.6 Å². The van der Waals surface area contributed by atoms with Gasteiger partial charge in [0.2, 0.25) is 11.9 Å². The van der Waals surface area contributed by atoms with Crippen molar-refractivity contribution in [3.63, 3.8) is 0 Å². The van der Waals surface area contributed by atoms with Gasteiger partial charge in [-0.25, -0.2) is 14.8 Å². The first-order valence-electron chi connectivity index (χ1n) is 8.49. The molecule has 1 aromatic carbocycles. The van der Waals surface area contributed by atoms with Crippen LogP contribution in [0.1, 0.15) is 10.4 Å². The summed E-state index contributed by atoms with van der Waals surface area (Å²) in [5.41, 5.74) is 0.717. The normalized spacial score (nSPS) is 14.7. The Morgan fingerprint density at radius 3 is 2.56 bits per heavy atom. The Morgan fingerprint density at radius 1 is 1.19 bits per heavy atom. The molecule has 0 aliphatic carbocycles. The van der Waals surface area contributed by atoms with E-state index in [1.807, 2.05) is 4.90 Å².